The fraction of sp³-hybridized carbons (Fsp3) is 0.571. The maximum atomic E-state index is 13.8. The SMILES string of the molecule is NC(CCCC1CCCO1)c1cccc(Br)c1F. The molecule has 0 radical (unpaired) electrons. The second kappa shape index (κ2) is 6.64. The molecule has 0 saturated carbocycles. The van der Waals surface area contributed by atoms with Crippen LogP contribution in [0.5, 0.6) is 0 Å². The maximum absolute atomic E-state index is 13.8. The van der Waals surface area contributed by atoms with Gasteiger partial charge < -0.3 is 10.5 Å². The first-order valence-corrected chi connectivity index (χ1v) is 7.29. The number of halogens is 2. The average molecular weight is 316 g/mol. The summed E-state index contributed by atoms with van der Waals surface area (Å²) in [6.07, 6.45) is 5.52. The third kappa shape index (κ3) is 3.53. The fourth-order valence-electron chi connectivity index (χ4n) is 2.40. The van der Waals surface area contributed by atoms with E-state index < -0.39 is 0 Å². The first kappa shape index (κ1) is 14.0. The normalized spacial score (nSPS) is 21.2. The van der Waals surface area contributed by atoms with Crippen LogP contribution >= 0.6 is 15.9 Å². The Labute approximate surface area is 116 Å². The molecule has 4 heteroatoms. The van der Waals surface area contributed by atoms with Crippen molar-refractivity contribution >= 4 is 15.9 Å². The molecule has 1 heterocycles. The lowest BCUT2D eigenvalue weighted by molar-refractivity contribution is 0.101. The molecule has 2 nitrogen and oxygen atoms in total. The summed E-state index contributed by atoms with van der Waals surface area (Å²) in [7, 11) is 0. The quantitative estimate of drug-likeness (QED) is 0.893. The number of hydrogen-bond donors (Lipinski definition) is 1. The van der Waals surface area contributed by atoms with E-state index in [4.69, 9.17) is 10.5 Å². The zero-order chi connectivity index (χ0) is 13.0. The standard InChI is InChI=1S/C14H19BrFNO/c15-12-7-2-6-11(14(12)16)13(17)8-1-4-10-5-3-9-18-10/h2,6-7,10,13H,1,3-5,8-9,17H2. The van der Waals surface area contributed by atoms with E-state index in [-0.39, 0.29) is 11.9 Å². The summed E-state index contributed by atoms with van der Waals surface area (Å²) in [5, 5.41) is 0. The minimum atomic E-state index is -0.234. The lowest BCUT2D eigenvalue weighted by Gasteiger charge is -2.15. The van der Waals surface area contributed by atoms with Gasteiger partial charge in [-0.05, 0) is 54.1 Å². The monoisotopic (exact) mass is 315 g/mol. The van der Waals surface area contributed by atoms with Crippen molar-refractivity contribution in [2.24, 2.45) is 5.73 Å². The van der Waals surface area contributed by atoms with E-state index in [1.54, 1.807) is 12.1 Å². The summed E-state index contributed by atoms with van der Waals surface area (Å²) in [6.45, 7) is 0.886. The van der Waals surface area contributed by atoms with E-state index in [0.717, 1.165) is 38.7 Å². The van der Waals surface area contributed by atoms with E-state index in [9.17, 15) is 4.39 Å². The van der Waals surface area contributed by atoms with Gasteiger partial charge in [-0.2, -0.15) is 0 Å². The van der Waals surface area contributed by atoms with Gasteiger partial charge in [-0.1, -0.05) is 12.1 Å². The van der Waals surface area contributed by atoms with E-state index in [1.165, 1.54) is 0 Å². The molecule has 0 aliphatic carbocycles. The summed E-state index contributed by atoms with van der Waals surface area (Å²) >= 11 is 3.19. The van der Waals surface area contributed by atoms with Crippen LogP contribution in [-0.2, 0) is 4.74 Å². The minimum absolute atomic E-state index is 0.232. The van der Waals surface area contributed by atoms with Crippen molar-refractivity contribution in [3.8, 4) is 0 Å². The summed E-state index contributed by atoms with van der Waals surface area (Å²) < 4.78 is 19.9. The summed E-state index contributed by atoms with van der Waals surface area (Å²) in [5.74, 6) is -0.234. The summed E-state index contributed by atoms with van der Waals surface area (Å²) in [5.41, 5.74) is 6.64. The Morgan fingerprint density at radius 3 is 3.06 bits per heavy atom. The predicted molar refractivity (Wildman–Crippen MR) is 73.9 cm³/mol. The molecule has 0 spiro atoms. The number of hydrogen-bond acceptors (Lipinski definition) is 2. The Morgan fingerprint density at radius 2 is 2.33 bits per heavy atom. The Hall–Kier alpha value is -0.450. The van der Waals surface area contributed by atoms with E-state index in [1.807, 2.05) is 6.07 Å². The summed E-state index contributed by atoms with van der Waals surface area (Å²) in [4.78, 5) is 0. The smallest absolute Gasteiger partial charge is 0.142 e. The number of ether oxygens (including phenoxy) is 1. The first-order valence-electron chi connectivity index (χ1n) is 6.49. The fourth-order valence-corrected chi connectivity index (χ4v) is 2.78. The average Bonchev–Trinajstić information content (AvgIpc) is 2.85. The van der Waals surface area contributed by atoms with Gasteiger partial charge >= 0.3 is 0 Å². The predicted octanol–water partition coefficient (Wildman–Crippen LogP) is 3.94. The third-order valence-corrected chi connectivity index (χ3v) is 4.06. The minimum Gasteiger partial charge on any atom is -0.378 e. The van der Waals surface area contributed by atoms with Gasteiger partial charge in [0.25, 0.3) is 0 Å². The Balaban J connectivity index is 1.83. The highest BCUT2D eigenvalue weighted by atomic mass is 79.9. The van der Waals surface area contributed by atoms with Crippen LogP contribution < -0.4 is 5.73 Å². The van der Waals surface area contributed by atoms with Crippen molar-refractivity contribution in [2.45, 2.75) is 44.2 Å². The molecule has 1 saturated heterocycles. The molecule has 1 aromatic rings. The van der Waals surface area contributed by atoms with Gasteiger partial charge in [0.15, 0.2) is 0 Å². The number of rotatable bonds is 5. The van der Waals surface area contributed by atoms with Gasteiger partial charge in [0.05, 0.1) is 10.6 Å². The molecule has 0 bridgehead atoms. The molecule has 1 aliphatic rings. The largest absolute Gasteiger partial charge is 0.378 e. The molecule has 2 N–H and O–H groups in total. The van der Waals surface area contributed by atoms with Gasteiger partial charge in [-0.25, -0.2) is 4.39 Å². The molecular formula is C14H19BrFNO. The van der Waals surface area contributed by atoms with Crippen molar-refractivity contribution < 1.29 is 9.13 Å². The van der Waals surface area contributed by atoms with Gasteiger partial charge in [0.1, 0.15) is 5.82 Å². The van der Waals surface area contributed by atoms with E-state index in [0.29, 0.717) is 16.1 Å². The van der Waals surface area contributed by atoms with E-state index >= 15 is 0 Å². The molecule has 2 rings (SSSR count). The van der Waals surface area contributed by atoms with Gasteiger partial charge in [-0.3, -0.25) is 0 Å². The second-order valence-corrected chi connectivity index (χ2v) is 5.67. The van der Waals surface area contributed by atoms with Crippen LogP contribution in [0.2, 0.25) is 0 Å². The first-order chi connectivity index (χ1) is 8.68. The lowest BCUT2D eigenvalue weighted by atomic mass is 9.99. The zero-order valence-corrected chi connectivity index (χ0v) is 12.0. The van der Waals surface area contributed by atoms with Gasteiger partial charge in [0.2, 0.25) is 0 Å². The van der Waals surface area contributed by atoms with Crippen molar-refractivity contribution in [1.82, 2.24) is 0 Å². The molecule has 2 unspecified atom stereocenters. The lowest BCUT2D eigenvalue weighted by Crippen LogP contribution is -2.13. The van der Waals surface area contributed by atoms with Gasteiger partial charge in [-0.15, -0.1) is 0 Å². The molecule has 0 aromatic heterocycles. The molecule has 0 amide bonds. The van der Waals surface area contributed by atoms with Crippen molar-refractivity contribution in [3.05, 3.63) is 34.1 Å². The second-order valence-electron chi connectivity index (χ2n) is 4.82. The van der Waals surface area contributed by atoms with Crippen LogP contribution in [0.4, 0.5) is 4.39 Å². The molecular weight excluding hydrogens is 297 g/mol. The Morgan fingerprint density at radius 1 is 1.50 bits per heavy atom. The maximum Gasteiger partial charge on any atom is 0.142 e. The van der Waals surface area contributed by atoms with Crippen LogP contribution in [0.15, 0.2) is 22.7 Å². The van der Waals surface area contributed by atoms with E-state index in [2.05, 4.69) is 15.9 Å². The summed E-state index contributed by atoms with van der Waals surface area (Å²) in [6, 6.07) is 5.04. The Kier molecular flexibility index (Phi) is 5.15. The molecule has 1 aliphatic heterocycles. The van der Waals surface area contributed by atoms with Gasteiger partial charge in [0, 0.05) is 18.2 Å². The Bertz CT molecular complexity index is 393. The zero-order valence-electron chi connectivity index (χ0n) is 10.4. The highest BCUT2D eigenvalue weighted by molar-refractivity contribution is 9.10. The topological polar surface area (TPSA) is 35.2 Å². The van der Waals surface area contributed by atoms with Crippen molar-refractivity contribution in [1.29, 1.82) is 0 Å². The van der Waals surface area contributed by atoms with Crippen LogP contribution in [-0.4, -0.2) is 12.7 Å². The molecule has 18 heavy (non-hydrogen) atoms. The van der Waals surface area contributed by atoms with Crippen LogP contribution in [0.25, 0.3) is 0 Å². The molecule has 2 atom stereocenters. The number of nitrogens with two attached hydrogens (primary N) is 1. The molecule has 1 fully saturated rings. The van der Waals surface area contributed by atoms with Crippen molar-refractivity contribution in [2.75, 3.05) is 6.61 Å². The van der Waals surface area contributed by atoms with Crippen molar-refractivity contribution in [3.63, 3.8) is 0 Å². The third-order valence-electron chi connectivity index (χ3n) is 3.45. The highest BCUT2D eigenvalue weighted by Gasteiger charge is 2.17. The molecule has 100 valence electrons. The molecule has 1 aromatic carbocycles. The number of benzene rings is 1. The van der Waals surface area contributed by atoms with Crippen LogP contribution in [0, 0.1) is 5.82 Å². The van der Waals surface area contributed by atoms with Crippen LogP contribution in [0.3, 0.4) is 0 Å². The van der Waals surface area contributed by atoms with Crippen LogP contribution in [0.1, 0.15) is 43.7 Å². The highest BCUT2D eigenvalue weighted by Crippen LogP contribution is 2.26.